The van der Waals surface area contributed by atoms with Gasteiger partial charge in [0.2, 0.25) is 0 Å². The normalized spacial score (nSPS) is 17.0. The highest BCUT2D eigenvalue weighted by molar-refractivity contribution is 5.95. The minimum Gasteiger partial charge on any atom is -0.493 e. The molecule has 1 aromatic carbocycles. The summed E-state index contributed by atoms with van der Waals surface area (Å²) in [7, 11) is 2.92. The summed E-state index contributed by atoms with van der Waals surface area (Å²) in [5.41, 5.74) is 0.832. The Kier molecular flexibility index (Phi) is 3.10. The number of methoxy groups -OCH3 is 2. The molecule has 1 heterocycles. The Morgan fingerprint density at radius 3 is 2.50 bits per heavy atom. The highest BCUT2D eigenvalue weighted by Gasteiger charge is 2.34. The number of benzene rings is 1. The molecule has 0 radical (unpaired) electrons. The van der Waals surface area contributed by atoms with E-state index in [1.165, 1.54) is 20.3 Å². The van der Waals surface area contributed by atoms with Crippen molar-refractivity contribution in [1.82, 2.24) is 0 Å². The van der Waals surface area contributed by atoms with Crippen LogP contribution < -0.4 is 9.47 Å². The fourth-order valence-electron chi connectivity index (χ4n) is 1.90. The smallest absolute Gasteiger partial charge is 0.339 e. The maximum absolute atomic E-state index is 11.6. The van der Waals surface area contributed by atoms with Crippen LogP contribution in [-0.2, 0) is 9.53 Å². The van der Waals surface area contributed by atoms with Gasteiger partial charge in [0.25, 0.3) is 0 Å². The number of rotatable bonds is 4. The van der Waals surface area contributed by atoms with Crippen molar-refractivity contribution in [2.75, 3.05) is 14.2 Å². The van der Waals surface area contributed by atoms with Crippen molar-refractivity contribution in [3.8, 4) is 11.5 Å². The molecule has 0 amide bonds. The average molecular weight is 252 g/mol. The molecule has 1 aliphatic heterocycles. The van der Waals surface area contributed by atoms with Gasteiger partial charge in [-0.15, -0.1) is 0 Å². The lowest BCUT2D eigenvalue weighted by molar-refractivity contribution is -0.139. The standard InChI is InChI=1S/C12H12O6/c1-16-9-3-6-7(4-10(9)17-2)12(15)18-8(6)5-11(13)14/h3-4,8H,5H2,1-2H3,(H,13,14)/t8-/m1/s1. The summed E-state index contributed by atoms with van der Waals surface area (Å²) in [5, 5.41) is 8.77. The van der Waals surface area contributed by atoms with Gasteiger partial charge < -0.3 is 19.3 Å². The highest BCUT2D eigenvalue weighted by Crippen LogP contribution is 2.40. The monoisotopic (exact) mass is 252 g/mol. The van der Waals surface area contributed by atoms with Gasteiger partial charge in [-0.1, -0.05) is 0 Å². The number of hydrogen-bond acceptors (Lipinski definition) is 5. The largest absolute Gasteiger partial charge is 0.493 e. The Balaban J connectivity index is 2.46. The minimum absolute atomic E-state index is 0.270. The van der Waals surface area contributed by atoms with Crippen LogP contribution in [0.2, 0.25) is 0 Å². The van der Waals surface area contributed by atoms with Crippen molar-refractivity contribution >= 4 is 11.9 Å². The molecule has 1 aromatic rings. The number of cyclic esters (lactones) is 1. The van der Waals surface area contributed by atoms with E-state index in [9.17, 15) is 9.59 Å². The Labute approximate surface area is 103 Å². The van der Waals surface area contributed by atoms with Crippen LogP contribution in [0, 0.1) is 0 Å². The third kappa shape index (κ3) is 1.97. The highest BCUT2D eigenvalue weighted by atomic mass is 16.6. The summed E-state index contributed by atoms with van der Waals surface area (Å²) in [5.74, 6) is -0.734. The second-order valence-electron chi connectivity index (χ2n) is 3.79. The number of carboxylic acid groups (broad SMARTS) is 1. The lowest BCUT2D eigenvalue weighted by atomic mass is 10.0. The van der Waals surface area contributed by atoms with Gasteiger partial charge in [-0.05, 0) is 12.1 Å². The fraction of sp³-hybridized carbons (Fsp3) is 0.333. The molecule has 1 aliphatic rings. The van der Waals surface area contributed by atoms with Crippen LogP contribution in [-0.4, -0.2) is 31.3 Å². The molecular weight excluding hydrogens is 240 g/mol. The maximum atomic E-state index is 11.6. The molecule has 2 rings (SSSR count). The first kappa shape index (κ1) is 12.2. The van der Waals surface area contributed by atoms with Crippen molar-refractivity contribution < 1.29 is 28.9 Å². The van der Waals surface area contributed by atoms with Crippen LogP contribution in [0.4, 0.5) is 0 Å². The van der Waals surface area contributed by atoms with E-state index < -0.39 is 18.0 Å². The number of fused-ring (bicyclic) bond motifs is 1. The zero-order valence-corrected chi connectivity index (χ0v) is 9.93. The third-order valence-electron chi connectivity index (χ3n) is 2.73. The predicted octanol–water partition coefficient (Wildman–Crippen LogP) is 1.39. The van der Waals surface area contributed by atoms with Gasteiger partial charge in [-0.2, -0.15) is 0 Å². The zero-order chi connectivity index (χ0) is 13.3. The van der Waals surface area contributed by atoms with Crippen LogP contribution in [0.3, 0.4) is 0 Å². The SMILES string of the molecule is COc1cc2c(cc1OC)[C@@H](CC(=O)O)OC2=O. The lowest BCUT2D eigenvalue weighted by Gasteiger charge is -2.11. The molecule has 96 valence electrons. The number of carbonyl (C=O) groups is 2. The molecule has 1 atom stereocenters. The molecule has 6 nitrogen and oxygen atoms in total. The van der Waals surface area contributed by atoms with E-state index in [2.05, 4.69) is 0 Å². The second kappa shape index (κ2) is 4.56. The molecule has 0 bridgehead atoms. The second-order valence-corrected chi connectivity index (χ2v) is 3.79. The first-order valence-electron chi connectivity index (χ1n) is 5.25. The van der Waals surface area contributed by atoms with Gasteiger partial charge in [0.15, 0.2) is 11.5 Å². The summed E-state index contributed by atoms with van der Waals surface area (Å²) in [6, 6.07) is 3.07. The van der Waals surface area contributed by atoms with Gasteiger partial charge in [0.05, 0.1) is 26.2 Å². The quantitative estimate of drug-likeness (QED) is 0.815. The van der Waals surface area contributed by atoms with Crippen molar-refractivity contribution in [3.63, 3.8) is 0 Å². The van der Waals surface area contributed by atoms with E-state index in [0.717, 1.165) is 0 Å². The third-order valence-corrected chi connectivity index (χ3v) is 2.73. The molecule has 0 unspecified atom stereocenters. The number of ether oxygens (including phenoxy) is 3. The van der Waals surface area contributed by atoms with E-state index in [-0.39, 0.29) is 6.42 Å². The van der Waals surface area contributed by atoms with Crippen LogP contribution >= 0.6 is 0 Å². The van der Waals surface area contributed by atoms with Crippen molar-refractivity contribution in [2.24, 2.45) is 0 Å². The van der Waals surface area contributed by atoms with Gasteiger partial charge in [-0.25, -0.2) is 4.79 Å². The maximum Gasteiger partial charge on any atom is 0.339 e. The summed E-state index contributed by atoms with van der Waals surface area (Å²) >= 11 is 0. The van der Waals surface area contributed by atoms with Crippen LogP contribution in [0.25, 0.3) is 0 Å². The van der Waals surface area contributed by atoms with Crippen LogP contribution in [0.15, 0.2) is 12.1 Å². The Hall–Kier alpha value is -2.24. The fourth-order valence-corrected chi connectivity index (χ4v) is 1.90. The van der Waals surface area contributed by atoms with Gasteiger partial charge in [0, 0.05) is 5.56 Å². The van der Waals surface area contributed by atoms with E-state index in [0.29, 0.717) is 22.6 Å². The topological polar surface area (TPSA) is 82.1 Å². The summed E-state index contributed by atoms with van der Waals surface area (Å²) in [6.07, 6.45) is -1.04. The Bertz CT molecular complexity index is 508. The average Bonchev–Trinajstić information content (AvgIpc) is 2.63. The number of aliphatic carboxylic acids is 1. The molecule has 0 spiro atoms. The molecule has 0 aromatic heterocycles. The van der Waals surface area contributed by atoms with Crippen LogP contribution in [0.1, 0.15) is 28.4 Å². The van der Waals surface area contributed by atoms with E-state index >= 15 is 0 Å². The van der Waals surface area contributed by atoms with E-state index in [4.69, 9.17) is 19.3 Å². The molecule has 18 heavy (non-hydrogen) atoms. The molecule has 0 fully saturated rings. The number of esters is 1. The number of carbonyl (C=O) groups excluding carboxylic acids is 1. The van der Waals surface area contributed by atoms with Crippen LogP contribution in [0.5, 0.6) is 11.5 Å². The van der Waals surface area contributed by atoms with E-state index in [1.807, 2.05) is 0 Å². The molecule has 0 saturated heterocycles. The molecule has 6 heteroatoms. The molecule has 0 saturated carbocycles. The summed E-state index contributed by atoms with van der Waals surface area (Å²) < 4.78 is 15.2. The Morgan fingerprint density at radius 2 is 1.94 bits per heavy atom. The molecule has 1 N–H and O–H groups in total. The van der Waals surface area contributed by atoms with Gasteiger partial charge in [0.1, 0.15) is 6.10 Å². The lowest BCUT2D eigenvalue weighted by Crippen LogP contribution is -2.06. The summed E-state index contributed by atoms with van der Waals surface area (Å²) in [4.78, 5) is 22.3. The predicted molar refractivity (Wildman–Crippen MR) is 60.0 cm³/mol. The van der Waals surface area contributed by atoms with Crippen molar-refractivity contribution in [2.45, 2.75) is 12.5 Å². The first-order chi connectivity index (χ1) is 8.56. The molecular formula is C12H12O6. The van der Waals surface area contributed by atoms with Crippen molar-refractivity contribution in [3.05, 3.63) is 23.3 Å². The van der Waals surface area contributed by atoms with E-state index in [1.54, 1.807) is 6.07 Å². The van der Waals surface area contributed by atoms with Gasteiger partial charge >= 0.3 is 11.9 Å². The summed E-state index contributed by atoms with van der Waals surface area (Å²) in [6.45, 7) is 0. The van der Waals surface area contributed by atoms with Gasteiger partial charge in [-0.3, -0.25) is 4.79 Å². The number of carboxylic acids is 1. The number of hydrogen-bond donors (Lipinski definition) is 1. The minimum atomic E-state index is -1.03. The first-order valence-corrected chi connectivity index (χ1v) is 5.25. The Morgan fingerprint density at radius 1 is 1.33 bits per heavy atom. The molecule has 0 aliphatic carbocycles. The zero-order valence-electron chi connectivity index (χ0n) is 9.93. The van der Waals surface area contributed by atoms with Crippen molar-refractivity contribution in [1.29, 1.82) is 0 Å².